The van der Waals surface area contributed by atoms with Crippen molar-refractivity contribution in [2.75, 3.05) is 26.7 Å². The summed E-state index contributed by atoms with van der Waals surface area (Å²) in [4.78, 5) is 39.6. The maximum absolute atomic E-state index is 13.5. The average Bonchev–Trinajstić information content (AvgIpc) is 3.29. The Morgan fingerprint density at radius 2 is 1.68 bits per heavy atom. The number of nitro benzene ring substituents is 1. The molecule has 2 atom stereocenters. The number of esters is 1. The summed E-state index contributed by atoms with van der Waals surface area (Å²) in [6, 6.07) is 14.8. The van der Waals surface area contributed by atoms with Gasteiger partial charge in [0.25, 0.3) is 11.6 Å². The molecule has 164 valence electrons. The summed E-state index contributed by atoms with van der Waals surface area (Å²) in [6.07, 6.45) is 1.15. The highest BCUT2D eigenvalue weighted by atomic mass is 16.6. The number of nitrogens with zero attached hydrogens (tertiary/aromatic N) is 3. The van der Waals surface area contributed by atoms with Crippen molar-refractivity contribution in [3.05, 3.63) is 75.8 Å². The molecule has 2 aromatic rings. The molecule has 1 fully saturated rings. The van der Waals surface area contributed by atoms with Gasteiger partial charge >= 0.3 is 5.97 Å². The lowest BCUT2D eigenvalue weighted by molar-refractivity contribution is -0.384. The Kier molecular flexibility index (Phi) is 7.36. The minimum atomic E-state index is -1.05. The van der Waals surface area contributed by atoms with Crippen LogP contribution in [0, 0.1) is 10.1 Å². The molecular formula is C23H27N3O5. The number of carbonyl (C=O) groups excluding carboxylic acids is 2. The van der Waals surface area contributed by atoms with Gasteiger partial charge in [0.15, 0.2) is 0 Å². The van der Waals surface area contributed by atoms with Gasteiger partial charge < -0.3 is 14.5 Å². The van der Waals surface area contributed by atoms with E-state index in [0.717, 1.165) is 31.5 Å². The van der Waals surface area contributed by atoms with E-state index in [-0.39, 0.29) is 17.6 Å². The monoisotopic (exact) mass is 425 g/mol. The maximum atomic E-state index is 13.5. The van der Waals surface area contributed by atoms with Crippen LogP contribution >= 0.6 is 0 Å². The topological polar surface area (TPSA) is 93.0 Å². The Hall–Kier alpha value is -3.26. The Balaban J connectivity index is 1.91. The third kappa shape index (κ3) is 5.67. The fourth-order valence-corrected chi connectivity index (χ4v) is 3.87. The molecule has 1 aliphatic rings. The Labute approximate surface area is 181 Å². The molecule has 8 nitrogen and oxygen atoms in total. The van der Waals surface area contributed by atoms with Crippen LogP contribution in [-0.2, 0) is 14.3 Å². The summed E-state index contributed by atoms with van der Waals surface area (Å²) < 4.78 is 5.39. The summed E-state index contributed by atoms with van der Waals surface area (Å²) >= 11 is 0. The Bertz CT molecular complexity index is 911. The molecular weight excluding hydrogens is 398 g/mol. The van der Waals surface area contributed by atoms with E-state index in [1.54, 1.807) is 48.3 Å². The fraction of sp³-hybridized carbons (Fsp3) is 0.391. The van der Waals surface area contributed by atoms with Crippen molar-refractivity contribution < 1.29 is 19.2 Å². The van der Waals surface area contributed by atoms with Crippen LogP contribution in [0.1, 0.15) is 43.0 Å². The average molecular weight is 425 g/mol. The van der Waals surface area contributed by atoms with E-state index in [4.69, 9.17) is 4.74 Å². The second kappa shape index (κ2) is 10.2. The van der Waals surface area contributed by atoms with Crippen molar-refractivity contribution in [1.29, 1.82) is 0 Å². The molecule has 2 aromatic carbocycles. The number of hydrogen-bond donors (Lipinski definition) is 0. The van der Waals surface area contributed by atoms with Gasteiger partial charge in [0.05, 0.1) is 11.0 Å². The smallest absolute Gasteiger partial charge is 0.303 e. The Morgan fingerprint density at radius 1 is 1.06 bits per heavy atom. The number of hydrogen-bond acceptors (Lipinski definition) is 6. The number of likely N-dealkylation sites (N-methyl/N-ethyl adjacent to an activating group) is 1. The van der Waals surface area contributed by atoms with E-state index in [0.29, 0.717) is 12.1 Å². The molecule has 1 aliphatic heterocycles. The summed E-state index contributed by atoms with van der Waals surface area (Å²) in [7, 11) is 1.68. The molecule has 0 N–H and O–H groups in total. The molecule has 0 unspecified atom stereocenters. The van der Waals surface area contributed by atoms with Gasteiger partial charge in [-0.2, -0.15) is 0 Å². The second-order valence-corrected chi connectivity index (χ2v) is 7.72. The van der Waals surface area contributed by atoms with Crippen molar-refractivity contribution in [1.82, 2.24) is 9.80 Å². The number of carbonyl (C=O) groups is 2. The quantitative estimate of drug-likeness (QED) is 0.365. The van der Waals surface area contributed by atoms with Gasteiger partial charge in [-0.25, -0.2) is 0 Å². The zero-order valence-corrected chi connectivity index (χ0v) is 17.8. The van der Waals surface area contributed by atoms with Crippen LogP contribution in [0.15, 0.2) is 54.6 Å². The van der Waals surface area contributed by atoms with Gasteiger partial charge in [0.2, 0.25) is 6.10 Å². The van der Waals surface area contributed by atoms with Gasteiger partial charge in [-0.15, -0.1) is 0 Å². The SMILES string of the molecule is CC(=O)O[C@H](C(=O)N(C)[C@H](CN1CCCC1)c1ccc([N+](=O)[O-])cc1)c1ccccc1. The van der Waals surface area contributed by atoms with Crippen LogP contribution in [0.3, 0.4) is 0 Å². The zero-order valence-electron chi connectivity index (χ0n) is 17.8. The lowest BCUT2D eigenvalue weighted by Crippen LogP contribution is -2.41. The molecule has 0 aliphatic carbocycles. The second-order valence-electron chi connectivity index (χ2n) is 7.72. The van der Waals surface area contributed by atoms with Crippen molar-refractivity contribution in [3.8, 4) is 0 Å². The number of amides is 1. The van der Waals surface area contributed by atoms with Crippen LogP contribution in [0.5, 0.6) is 0 Å². The fourth-order valence-electron chi connectivity index (χ4n) is 3.87. The molecule has 1 amide bonds. The summed E-state index contributed by atoms with van der Waals surface area (Å²) in [5.41, 5.74) is 1.39. The first-order valence-electron chi connectivity index (χ1n) is 10.3. The predicted octanol–water partition coefficient (Wildman–Crippen LogP) is 3.49. The van der Waals surface area contributed by atoms with Gasteiger partial charge in [-0.1, -0.05) is 42.5 Å². The molecule has 31 heavy (non-hydrogen) atoms. The van der Waals surface area contributed by atoms with Crippen LogP contribution in [-0.4, -0.2) is 53.3 Å². The van der Waals surface area contributed by atoms with Crippen LogP contribution in [0.2, 0.25) is 0 Å². The minimum absolute atomic E-state index is 0.000253. The lowest BCUT2D eigenvalue weighted by atomic mass is 10.0. The molecule has 0 spiro atoms. The molecule has 0 saturated carbocycles. The van der Waals surface area contributed by atoms with E-state index < -0.39 is 17.0 Å². The number of benzene rings is 2. The first kappa shape index (κ1) is 22.4. The highest BCUT2D eigenvalue weighted by molar-refractivity contribution is 5.85. The molecule has 3 rings (SSSR count). The summed E-state index contributed by atoms with van der Waals surface area (Å²) in [6.45, 7) is 3.76. The van der Waals surface area contributed by atoms with Crippen molar-refractivity contribution in [2.45, 2.75) is 31.9 Å². The molecule has 1 heterocycles. The molecule has 1 saturated heterocycles. The van der Waals surface area contributed by atoms with Gasteiger partial charge in [0.1, 0.15) is 0 Å². The van der Waals surface area contributed by atoms with Crippen LogP contribution in [0.4, 0.5) is 5.69 Å². The largest absolute Gasteiger partial charge is 0.447 e. The van der Waals surface area contributed by atoms with E-state index >= 15 is 0 Å². The van der Waals surface area contributed by atoms with Crippen molar-refractivity contribution in [2.24, 2.45) is 0 Å². The third-order valence-corrected chi connectivity index (χ3v) is 5.54. The van der Waals surface area contributed by atoms with Gasteiger partial charge in [0, 0.05) is 38.2 Å². The van der Waals surface area contributed by atoms with E-state index in [9.17, 15) is 19.7 Å². The zero-order chi connectivity index (χ0) is 22.4. The molecule has 0 bridgehead atoms. The van der Waals surface area contributed by atoms with E-state index in [1.165, 1.54) is 19.1 Å². The van der Waals surface area contributed by atoms with Gasteiger partial charge in [-0.3, -0.25) is 19.7 Å². The summed E-state index contributed by atoms with van der Waals surface area (Å²) in [5, 5.41) is 11.0. The van der Waals surface area contributed by atoms with E-state index in [2.05, 4.69) is 4.90 Å². The highest BCUT2D eigenvalue weighted by Gasteiger charge is 2.32. The van der Waals surface area contributed by atoms with Gasteiger partial charge in [-0.05, 0) is 31.5 Å². The van der Waals surface area contributed by atoms with Crippen molar-refractivity contribution in [3.63, 3.8) is 0 Å². The van der Waals surface area contributed by atoms with Crippen molar-refractivity contribution >= 4 is 17.6 Å². The Morgan fingerprint density at radius 3 is 2.23 bits per heavy atom. The first-order chi connectivity index (χ1) is 14.9. The number of non-ortho nitro benzene ring substituents is 1. The van der Waals surface area contributed by atoms with E-state index in [1.807, 2.05) is 6.07 Å². The first-order valence-corrected chi connectivity index (χ1v) is 10.3. The normalized spacial score (nSPS) is 15.8. The number of likely N-dealkylation sites (tertiary alicyclic amines) is 1. The van der Waals surface area contributed by atoms with Crippen LogP contribution < -0.4 is 0 Å². The minimum Gasteiger partial charge on any atom is -0.447 e. The highest BCUT2D eigenvalue weighted by Crippen LogP contribution is 2.29. The molecule has 0 aromatic heterocycles. The summed E-state index contributed by atoms with van der Waals surface area (Å²) in [5.74, 6) is -0.883. The third-order valence-electron chi connectivity index (χ3n) is 5.54. The predicted molar refractivity (Wildman–Crippen MR) is 115 cm³/mol. The number of rotatable bonds is 8. The number of nitro groups is 1. The number of ether oxygens (including phenoxy) is 1. The molecule has 0 radical (unpaired) electrons. The lowest BCUT2D eigenvalue weighted by Gasteiger charge is -2.34. The standard InChI is InChI=1S/C23H27N3O5/c1-17(27)31-22(19-8-4-3-5-9-19)23(28)24(2)21(16-25-14-6-7-15-25)18-10-12-20(13-11-18)26(29)30/h3-5,8-13,21-22H,6-7,14-16H2,1-2H3/t21-,22+/m1/s1. The molecule has 8 heteroatoms. The maximum Gasteiger partial charge on any atom is 0.303 e. The van der Waals surface area contributed by atoms with Crippen LogP contribution in [0.25, 0.3) is 0 Å².